The maximum atomic E-state index is 12.1. The fourth-order valence-electron chi connectivity index (χ4n) is 1.36. The van der Waals surface area contributed by atoms with Crippen molar-refractivity contribution >= 4 is 27.7 Å². The molecular weight excluding hydrogens is 282 g/mol. The predicted molar refractivity (Wildman–Crippen MR) is 68.9 cm³/mol. The first-order valence-electron chi connectivity index (χ1n) is 5.00. The van der Waals surface area contributed by atoms with Gasteiger partial charge in [0.2, 0.25) is 0 Å². The molecule has 0 atom stereocenters. The van der Waals surface area contributed by atoms with Crippen LogP contribution in [-0.4, -0.2) is 22.9 Å². The highest BCUT2D eigenvalue weighted by atomic mass is 79.9. The molecule has 86 valence electrons. The van der Waals surface area contributed by atoms with Crippen molar-refractivity contribution in [1.82, 2.24) is 9.97 Å². The first-order chi connectivity index (χ1) is 8.18. The number of carbonyl (C=O) groups is 1. The van der Waals surface area contributed by atoms with E-state index in [9.17, 15) is 4.79 Å². The van der Waals surface area contributed by atoms with Crippen molar-refractivity contribution in [3.05, 3.63) is 52.9 Å². The first kappa shape index (κ1) is 11.7. The summed E-state index contributed by atoms with van der Waals surface area (Å²) in [6.07, 6.45) is 1.65. The number of halogens is 1. The number of rotatable bonds is 2. The molecule has 2 aromatic heterocycles. The molecule has 2 aromatic rings. The van der Waals surface area contributed by atoms with Gasteiger partial charge in [-0.3, -0.25) is 9.69 Å². The van der Waals surface area contributed by atoms with E-state index in [2.05, 4.69) is 25.9 Å². The van der Waals surface area contributed by atoms with Crippen molar-refractivity contribution in [1.29, 1.82) is 0 Å². The Balaban J connectivity index is 2.27. The van der Waals surface area contributed by atoms with Crippen molar-refractivity contribution in [3.8, 4) is 0 Å². The highest BCUT2D eigenvalue weighted by Crippen LogP contribution is 2.12. The molecule has 2 heterocycles. The Morgan fingerprint density at radius 3 is 2.71 bits per heavy atom. The number of aromatic nitrogens is 2. The molecule has 0 fully saturated rings. The summed E-state index contributed by atoms with van der Waals surface area (Å²) >= 11 is 3.24. The minimum Gasteiger partial charge on any atom is -0.294 e. The number of carbonyl (C=O) groups excluding carboxylic acids is 1. The molecule has 0 bridgehead atoms. The molecular formula is C12H10BrN3O. The van der Waals surface area contributed by atoms with Crippen molar-refractivity contribution in [2.24, 2.45) is 0 Å². The lowest BCUT2D eigenvalue weighted by atomic mass is 10.3. The zero-order valence-electron chi connectivity index (χ0n) is 9.17. The molecule has 2 rings (SSSR count). The largest absolute Gasteiger partial charge is 0.294 e. The Hall–Kier alpha value is -1.75. The highest BCUT2D eigenvalue weighted by Gasteiger charge is 2.15. The van der Waals surface area contributed by atoms with Gasteiger partial charge < -0.3 is 0 Å². The average Bonchev–Trinajstić information content (AvgIpc) is 2.38. The third kappa shape index (κ3) is 2.68. The average molecular weight is 292 g/mol. The number of nitrogens with zero attached hydrogens (tertiary/aromatic N) is 3. The Bertz CT molecular complexity index is 530. The topological polar surface area (TPSA) is 46.1 Å². The highest BCUT2D eigenvalue weighted by molar-refractivity contribution is 9.10. The molecule has 0 N–H and O–H groups in total. The van der Waals surface area contributed by atoms with Crippen molar-refractivity contribution < 1.29 is 4.79 Å². The normalized spacial score (nSPS) is 10.0. The molecule has 17 heavy (non-hydrogen) atoms. The van der Waals surface area contributed by atoms with Gasteiger partial charge in [-0.2, -0.15) is 0 Å². The van der Waals surface area contributed by atoms with Crippen LogP contribution in [0, 0.1) is 0 Å². The summed E-state index contributed by atoms with van der Waals surface area (Å²) in [5.74, 6) is 0.407. The Morgan fingerprint density at radius 2 is 2.06 bits per heavy atom. The lowest BCUT2D eigenvalue weighted by molar-refractivity contribution is 0.0987. The summed E-state index contributed by atoms with van der Waals surface area (Å²) < 4.78 is 0.637. The zero-order valence-corrected chi connectivity index (χ0v) is 10.8. The van der Waals surface area contributed by atoms with Crippen LogP contribution in [0.1, 0.15) is 10.5 Å². The second-order valence-electron chi connectivity index (χ2n) is 3.40. The van der Waals surface area contributed by atoms with E-state index in [1.165, 1.54) is 4.90 Å². The number of pyridine rings is 2. The van der Waals surface area contributed by atoms with Crippen LogP contribution < -0.4 is 4.90 Å². The van der Waals surface area contributed by atoms with Crippen molar-refractivity contribution in [2.45, 2.75) is 0 Å². The van der Waals surface area contributed by atoms with E-state index in [1.807, 2.05) is 6.07 Å². The van der Waals surface area contributed by atoms with Crippen LogP contribution in [0.3, 0.4) is 0 Å². The molecule has 0 saturated carbocycles. The minimum absolute atomic E-state index is 0.190. The molecule has 0 aliphatic rings. The lowest BCUT2D eigenvalue weighted by Gasteiger charge is -2.15. The Kier molecular flexibility index (Phi) is 3.49. The summed E-state index contributed by atoms with van der Waals surface area (Å²) in [6.45, 7) is 0. The second kappa shape index (κ2) is 5.05. The quantitative estimate of drug-likeness (QED) is 0.799. The molecule has 4 nitrogen and oxygen atoms in total. The van der Waals surface area contributed by atoms with Crippen LogP contribution in [0.2, 0.25) is 0 Å². The van der Waals surface area contributed by atoms with Gasteiger partial charge in [0.15, 0.2) is 0 Å². The van der Waals surface area contributed by atoms with Gasteiger partial charge in [-0.15, -0.1) is 0 Å². The summed E-state index contributed by atoms with van der Waals surface area (Å²) in [5.41, 5.74) is 0.382. The van der Waals surface area contributed by atoms with Crippen LogP contribution in [0.15, 0.2) is 47.2 Å². The van der Waals surface area contributed by atoms with Crippen LogP contribution in [-0.2, 0) is 0 Å². The molecule has 0 unspecified atom stereocenters. The van der Waals surface area contributed by atoms with Gasteiger partial charge >= 0.3 is 0 Å². The SMILES string of the molecule is CN(C(=O)c1cccc(Br)n1)c1ccccn1. The predicted octanol–water partition coefficient (Wildman–Crippen LogP) is 2.52. The lowest BCUT2D eigenvalue weighted by Crippen LogP contribution is -2.27. The number of anilines is 1. The minimum atomic E-state index is -0.190. The van der Waals surface area contributed by atoms with Crippen LogP contribution in [0.25, 0.3) is 0 Å². The van der Waals surface area contributed by atoms with Crippen molar-refractivity contribution in [2.75, 3.05) is 11.9 Å². The molecule has 0 aromatic carbocycles. The molecule has 0 aliphatic carbocycles. The molecule has 1 amide bonds. The number of hydrogen-bond donors (Lipinski definition) is 0. The summed E-state index contributed by atoms with van der Waals surface area (Å²) in [5, 5.41) is 0. The zero-order chi connectivity index (χ0) is 12.3. The van der Waals surface area contributed by atoms with Crippen LogP contribution >= 0.6 is 15.9 Å². The third-order valence-corrected chi connectivity index (χ3v) is 2.67. The van der Waals surface area contributed by atoms with Gasteiger partial charge in [0.1, 0.15) is 16.1 Å². The third-order valence-electron chi connectivity index (χ3n) is 2.23. The fourth-order valence-corrected chi connectivity index (χ4v) is 1.70. The molecule has 0 aliphatic heterocycles. The Labute approximate surface area is 107 Å². The first-order valence-corrected chi connectivity index (χ1v) is 5.79. The van der Waals surface area contributed by atoms with Gasteiger partial charge in [-0.05, 0) is 40.2 Å². The number of hydrogen-bond acceptors (Lipinski definition) is 3. The van der Waals surface area contributed by atoms with E-state index in [1.54, 1.807) is 43.6 Å². The Morgan fingerprint density at radius 1 is 1.24 bits per heavy atom. The van der Waals surface area contributed by atoms with E-state index in [0.717, 1.165) is 0 Å². The van der Waals surface area contributed by atoms with E-state index in [4.69, 9.17) is 0 Å². The summed E-state index contributed by atoms with van der Waals surface area (Å²) in [6, 6.07) is 10.6. The van der Waals surface area contributed by atoms with Gasteiger partial charge in [0, 0.05) is 13.2 Å². The smallest absolute Gasteiger partial charge is 0.277 e. The monoisotopic (exact) mass is 291 g/mol. The van der Waals surface area contributed by atoms with Gasteiger partial charge in [-0.1, -0.05) is 12.1 Å². The number of amides is 1. The molecule has 0 radical (unpaired) electrons. The maximum absolute atomic E-state index is 12.1. The summed E-state index contributed by atoms with van der Waals surface area (Å²) in [7, 11) is 1.67. The standard InChI is InChI=1S/C12H10BrN3O/c1-16(11-7-2-3-8-14-11)12(17)9-5-4-6-10(13)15-9/h2-8H,1H3. The van der Waals surface area contributed by atoms with E-state index >= 15 is 0 Å². The molecule has 0 saturated heterocycles. The fraction of sp³-hybridized carbons (Fsp3) is 0.0833. The summed E-state index contributed by atoms with van der Waals surface area (Å²) in [4.78, 5) is 21.8. The second-order valence-corrected chi connectivity index (χ2v) is 4.21. The van der Waals surface area contributed by atoms with E-state index in [-0.39, 0.29) is 5.91 Å². The van der Waals surface area contributed by atoms with Crippen molar-refractivity contribution in [3.63, 3.8) is 0 Å². The van der Waals surface area contributed by atoms with Crippen LogP contribution in [0.5, 0.6) is 0 Å². The van der Waals surface area contributed by atoms with Gasteiger partial charge in [0.25, 0.3) is 5.91 Å². The van der Waals surface area contributed by atoms with E-state index in [0.29, 0.717) is 16.1 Å². The van der Waals surface area contributed by atoms with E-state index < -0.39 is 0 Å². The molecule has 5 heteroatoms. The maximum Gasteiger partial charge on any atom is 0.277 e. The molecule has 0 spiro atoms. The van der Waals surface area contributed by atoms with Crippen LogP contribution in [0.4, 0.5) is 5.82 Å². The van der Waals surface area contributed by atoms with Gasteiger partial charge in [0.05, 0.1) is 0 Å². The van der Waals surface area contributed by atoms with Gasteiger partial charge in [-0.25, -0.2) is 9.97 Å².